The Kier molecular flexibility index (Phi) is 14.6. The van der Waals surface area contributed by atoms with Crippen molar-refractivity contribution in [3.05, 3.63) is 41.3 Å². The molecule has 0 atom stereocenters. The van der Waals surface area contributed by atoms with E-state index in [4.69, 9.17) is 0 Å². The first-order chi connectivity index (χ1) is 9.19. The Morgan fingerprint density at radius 1 is 1.21 bits per heavy atom. The number of rotatable bonds is 0. The van der Waals surface area contributed by atoms with E-state index in [0.29, 0.717) is 0 Å². The molecule has 1 aromatic carbocycles. The second-order valence-corrected chi connectivity index (χ2v) is 4.20. The fourth-order valence-electron chi connectivity index (χ4n) is 1.87. The maximum absolute atomic E-state index is 3.55. The first-order valence-electron chi connectivity index (χ1n) is 7.25. The average Bonchev–Trinajstić information content (AvgIpc) is 2.45. The van der Waals surface area contributed by atoms with Crippen molar-refractivity contribution in [1.29, 1.82) is 0 Å². The number of anilines is 1. The Morgan fingerprint density at radius 2 is 1.74 bits per heavy atom. The second-order valence-electron chi connectivity index (χ2n) is 3.84. The molecule has 1 aliphatic rings. The molecule has 1 aliphatic heterocycles. The van der Waals surface area contributed by atoms with Crippen LogP contribution in [0.5, 0.6) is 0 Å². The molecule has 1 aromatic rings. The highest BCUT2D eigenvalue weighted by Gasteiger charge is 2.12. The topological polar surface area (TPSA) is 3.24 Å². The van der Waals surface area contributed by atoms with Crippen molar-refractivity contribution in [3.63, 3.8) is 0 Å². The summed E-state index contributed by atoms with van der Waals surface area (Å²) in [6.07, 6.45) is 2.55. The van der Waals surface area contributed by atoms with Crippen LogP contribution in [0.3, 0.4) is 0 Å². The summed E-state index contributed by atoms with van der Waals surface area (Å²) in [4.78, 5) is 2.35. The second kappa shape index (κ2) is 13.5. The van der Waals surface area contributed by atoms with Gasteiger partial charge in [-0.1, -0.05) is 46.4 Å². The fraction of sp³-hybridized carbons (Fsp3) is 0.529. The molecule has 0 spiro atoms. The Balaban J connectivity index is 0. The minimum atomic E-state index is 1.20. The van der Waals surface area contributed by atoms with E-state index in [1.165, 1.54) is 41.6 Å². The highest BCUT2D eigenvalue weighted by Crippen LogP contribution is 2.26. The molecule has 1 nitrogen and oxygen atoms in total. The summed E-state index contributed by atoms with van der Waals surface area (Å²) in [5, 5.41) is 1.44. The lowest BCUT2D eigenvalue weighted by Gasteiger charge is -2.27. The van der Waals surface area contributed by atoms with E-state index in [-0.39, 0.29) is 0 Å². The Bertz CT molecular complexity index is 334. The first-order valence-corrected chi connectivity index (χ1v) is 7.76. The maximum atomic E-state index is 3.55. The van der Waals surface area contributed by atoms with Crippen LogP contribution in [-0.2, 0) is 6.42 Å². The van der Waals surface area contributed by atoms with Gasteiger partial charge in [-0.15, -0.1) is 0 Å². The normalized spacial score (nSPS) is 11.4. The predicted octanol–water partition coefficient (Wildman–Crippen LogP) is 5.49. The van der Waals surface area contributed by atoms with Gasteiger partial charge >= 0.3 is 0 Å². The van der Waals surface area contributed by atoms with Gasteiger partial charge < -0.3 is 4.90 Å². The molecule has 0 saturated heterocycles. The third-order valence-corrected chi connectivity index (χ3v) is 2.59. The zero-order chi connectivity index (χ0) is 15.3. The van der Waals surface area contributed by atoms with Gasteiger partial charge in [0.15, 0.2) is 0 Å². The van der Waals surface area contributed by atoms with Crippen LogP contribution in [0.4, 0.5) is 5.69 Å². The summed E-state index contributed by atoms with van der Waals surface area (Å²) < 4.78 is 0. The van der Waals surface area contributed by atoms with Crippen LogP contribution in [0.2, 0.25) is 0 Å². The van der Waals surface area contributed by atoms with Crippen LogP contribution in [-0.4, -0.2) is 13.6 Å². The Hall–Kier alpha value is -0.890. The van der Waals surface area contributed by atoms with Gasteiger partial charge in [0.1, 0.15) is 0 Å². The lowest BCUT2D eigenvalue weighted by molar-refractivity contribution is 0.744. The highest BCUT2D eigenvalue weighted by molar-refractivity contribution is 7.83. The maximum Gasteiger partial charge on any atom is 0.0398 e. The van der Waals surface area contributed by atoms with Gasteiger partial charge in [0, 0.05) is 19.3 Å². The molecule has 0 radical (unpaired) electrons. The van der Waals surface area contributed by atoms with Crippen LogP contribution in [0.15, 0.2) is 30.2 Å². The van der Waals surface area contributed by atoms with Gasteiger partial charge in [0.05, 0.1) is 0 Å². The summed E-state index contributed by atoms with van der Waals surface area (Å²) in [5.41, 5.74) is 4.30. The van der Waals surface area contributed by atoms with Crippen LogP contribution < -0.4 is 4.90 Å². The minimum Gasteiger partial charge on any atom is -0.374 e. The van der Waals surface area contributed by atoms with Crippen molar-refractivity contribution >= 4 is 18.3 Å². The molecule has 0 fully saturated rings. The molecule has 2 heteroatoms. The van der Waals surface area contributed by atoms with E-state index in [9.17, 15) is 0 Å². The van der Waals surface area contributed by atoms with Crippen LogP contribution in [0.1, 0.15) is 45.2 Å². The smallest absolute Gasteiger partial charge is 0.0398 e. The highest BCUT2D eigenvalue weighted by atomic mass is 32.1. The van der Waals surface area contributed by atoms with E-state index in [1.54, 1.807) is 0 Å². The average molecular weight is 282 g/mol. The van der Waals surface area contributed by atoms with Crippen LogP contribution in [0, 0.1) is 6.92 Å². The van der Waals surface area contributed by atoms with Crippen molar-refractivity contribution in [3.8, 4) is 0 Å². The molecule has 1 heterocycles. The molecular formula is C17H31NS. The molecular weight excluding hydrogens is 250 g/mol. The number of thiol groups is 1. The van der Waals surface area contributed by atoms with Crippen LogP contribution >= 0.6 is 12.6 Å². The van der Waals surface area contributed by atoms with Crippen LogP contribution in [0.25, 0.3) is 0 Å². The molecule has 0 aromatic heterocycles. The third-order valence-electron chi connectivity index (χ3n) is 2.59. The fourth-order valence-corrected chi connectivity index (χ4v) is 1.87. The largest absolute Gasteiger partial charge is 0.374 e. The Morgan fingerprint density at radius 3 is 2.26 bits per heavy atom. The number of fused-ring (bicyclic) bond motifs is 1. The molecule has 0 aliphatic carbocycles. The number of hydrogen-bond donors (Lipinski definition) is 1. The Labute approximate surface area is 126 Å². The zero-order valence-corrected chi connectivity index (χ0v) is 14.4. The van der Waals surface area contributed by atoms with Gasteiger partial charge in [0.25, 0.3) is 0 Å². The first kappa shape index (κ1) is 20.4. The summed E-state index contributed by atoms with van der Waals surface area (Å²) in [6, 6.07) is 6.76. The zero-order valence-electron chi connectivity index (χ0n) is 13.5. The van der Waals surface area contributed by atoms with Gasteiger partial charge in [0.2, 0.25) is 0 Å². The lowest BCUT2D eigenvalue weighted by atomic mass is 10.0. The van der Waals surface area contributed by atoms with Gasteiger partial charge in [-0.25, -0.2) is 0 Å². The molecule has 19 heavy (non-hydrogen) atoms. The van der Waals surface area contributed by atoms with Crippen molar-refractivity contribution in [2.45, 2.75) is 47.5 Å². The van der Waals surface area contributed by atoms with E-state index in [1.807, 2.05) is 27.7 Å². The van der Waals surface area contributed by atoms with Crippen molar-refractivity contribution in [2.24, 2.45) is 0 Å². The van der Waals surface area contributed by atoms with E-state index in [0.717, 1.165) is 0 Å². The van der Waals surface area contributed by atoms with E-state index >= 15 is 0 Å². The molecule has 0 bridgehead atoms. The van der Waals surface area contributed by atoms with E-state index < -0.39 is 0 Å². The van der Waals surface area contributed by atoms with Gasteiger partial charge in [-0.2, -0.15) is 12.6 Å². The monoisotopic (exact) mass is 281 g/mol. The van der Waals surface area contributed by atoms with Crippen molar-refractivity contribution in [1.82, 2.24) is 0 Å². The van der Waals surface area contributed by atoms with E-state index in [2.05, 4.69) is 56.3 Å². The lowest BCUT2D eigenvalue weighted by Crippen LogP contribution is -2.24. The third kappa shape index (κ3) is 7.99. The summed E-state index contributed by atoms with van der Waals surface area (Å²) >= 11 is 3.55. The summed E-state index contributed by atoms with van der Waals surface area (Å²) in [6.45, 7) is 14.6. The predicted molar refractivity (Wildman–Crippen MR) is 94.6 cm³/mol. The molecule has 0 amide bonds. The standard InChI is InChI=1S/C11H15N.C2H4S.2C2H6/c1-9-5-6-10-4-3-7-12(2)11(10)8-9;1-2-3;2*1-2/h5-6,8H,3-4,7H2,1-2H3;2-3H,1H2;2*1-2H3. The molecule has 2 rings (SSSR count). The molecule has 0 saturated carbocycles. The number of benzene rings is 1. The van der Waals surface area contributed by atoms with Gasteiger partial charge in [-0.3, -0.25) is 0 Å². The number of aryl methyl sites for hydroxylation is 2. The van der Waals surface area contributed by atoms with Gasteiger partial charge in [-0.05, 0) is 42.4 Å². The van der Waals surface area contributed by atoms with Crippen molar-refractivity contribution < 1.29 is 0 Å². The SMILES string of the molecule is C=CS.CC.CC.Cc1ccc2c(c1)N(C)CCC2. The number of hydrogen-bond acceptors (Lipinski definition) is 2. The summed E-state index contributed by atoms with van der Waals surface area (Å²) in [7, 11) is 2.18. The number of nitrogens with zero attached hydrogens (tertiary/aromatic N) is 1. The molecule has 0 N–H and O–H groups in total. The minimum absolute atomic E-state index is 1.20. The molecule has 110 valence electrons. The quantitative estimate of drug-likeness (QED) is 0.615. The summed E-state index contributed by atoms with van der Waals surface area (Å²) in [5.74, 6) is 0. The molecule has 0 unspecified atom stereocenters. The van der Waals surface area contributed by atoms with Crippen molar-refractivity contribution in [2.75, 3.05) is 18.5 Å².